The lowest BCUT2D eigenvalue weighted by atomic mass is 9.75. The van der Waals surface area contributed by atoms with Gasteiger partial charge in [0.15, 0.2) is 0 Å². The lowest BCUT2D eigenvalue weighted by Gasteiger charge is -2.33. The van der Waals surface area contributed by atoms with Crippen LogP contribution in [-0.4, -0.2) is 43.4 Å². The number of hydrogen-bond donors (Lipinski definition) is 2. The molecule has 34 heavy (non-hydrogen) atoms. The van der Waals surface area contributed by atoms with Gasteiger partial charge < -0.3 is 15.0 Å². The average molecular weight is 461 g/mol. The van der Waals surface area contributed by atoms with Crippen LogP contribution in [0.15, 0.2) is 42.5 Å². The van der Waals surface area contributed by atoms with Gasteiger partial charge in [-0.2, -0.15) is 0 Å². The summed E-state index contributed by atoms with van der Waals surface area (Å²) in [6.45, 7) is 2.79. The fraction of sp³-hybridized carbons (Fsp3) is 0.385. The average Bonchev–Trinajstić information content (AvgIpc) is 3.56. The van der Waals surface area contributed by atoms with Crippen LogP contribution < -0.4 is 15.1 Å². The quantitative estimate of drug-likeness (QED) is 0.527. The molecule has 0 bridgehead atoms. The zero-order chi connectivity index (χ0) is 23.8. The molecule has 4 heterocycles. The van der Waals surface area contributed by atoms with E-state index in [2.05, 4.69) is 12.2 Å². The van der Waals surface area contributed by atoms with Crippen LogP contribution in [0.4, 0.5) is 11.4 Å². The van der Waals surface area contributed by atoms with E-state index in [0.29, 0.717) is 0 Å². The van der Waals surface area contributed by atoms with Gasteiger partial charge in [-0.05, 0) is 36.2 Å². The highest BCUT2D eigenvalue weighted by Crippen LogP contribution is 2.52. The first-order valence-corrected chi connectivity index (χ1v) is 11.8. The van der Waals surface area contributed by atoms with Crippen molar-refractivity contribution in [3.63, 3.8) is 0 Å². The summed E-state index contributed by atoms with van der Waals surface area (Å²) < 4.78 is 4.90. The maximum Gasteiger partial charge on any atom is 0.339 e. The lowest BCUT2D eigenvalue weighted by molar-refractivity contribution is -0.948. The SMILES string of the molecule is CCc1ccc2c(c1)[C@@]1(C(=O)N2)C2C(=O)N(c3ccccc3C(=O)OC)C(=O)C2C2CCC[NH+]21. The minimum Gasteiger partial charge on any atom is -0.465 e. The van der Waals surface area contributed by atoms with Gasteiger partial charge in [0.1, 0.15) is 17.9 Å². The number of methoxy groups -OCH3 is 1. The molecule has 0 saturated carbocycles. The maximum atomic E-state index is 14.1. The van der Waals surface area contributed by atoms with E-state index in [1.165, 1.54) is 7.11 Å². The first-order chi connectivity index (χ1) is 16.4. The summed E-state index contributed by atoms with van der Waals surface area (Å²) in [6, 6.07) is 12.3. The number of nitrogens with one attached hydrogen (secondary N) is 2. The van der Waals surface area contributed by atoms with Crippen molar-refractivity contribution in [2.75, 3.05) is 23.9 Å². The summed E-state index contributed by atoms with van der Waals surface area (Å²) in [7, 11) is 1.27. The number of para-hydroxylation sites is 1. The van der Waals surface area contributed by atoms with Crippen LogP contribution in [0.3, 0.4) is 0 Å². The van der Waals surface area contributed by atoms with Gasteiger partial charge in [-0.1, -0.05) is 25.1 Å². The second-order valence-corrected chi connectivity index (χ2v) is 9.54. The molecule has 3 amide bonds. The van der Waals surface area contributed by atoms with Crippen molar-refractivity contribution in [1.29, 1.82) is 0 Å². The third kappa shape index (κ3) is 2.41. The number of quaternary nitrogens is 1. The van der Waals surface area contributed by atoms with Gasteiger partial charge in [0.05, 0.1) is 30.6 Å². The summed E-state index contributed by atoms with van der Waals surface area (Å²) in [4.78, 5) is 56.4. The molecule has 3 fully saturated rings. The summed E-state index contributed by atoms with van der Waals surface area (Å²) in [5.74, 6) is -3.02. The number of carbonyl (C=O) groups excluding carboxylic acids is 4. The number of amides is 3. The minimum absolute atomic E-state index is 0.126. The maximum absolute atomic E-state index is 14.1. The van der Waals surface area contributed by atoms with Crippen LogP contribution in [0.25, 0.3) is 0 Å². The summed E-state index contributed by atoms with van der Waals surface area (Å²) in [5.41, 5.74) is 1.84. The van der Waals surface area contributed by atoms with Crippen LogP contribution in [0.5, 0.6) is 0 Å². The molecule has 2 N–H and O–H groups in total. The second kappa shape index (κ2) is 7.24. The van der Waals surface area contributed by atoms with E-state index >= 15 is 0 Å². The number of esters is 1. The molecule has 0 aromatic heterocycles. The Hall–Kier alpha value is -3.52. The topological polar surface area (TPSA) is 97.2 Å². The molecular weight excluding hydrogens is 434 g/mol. The lowest BCUT2D eigenvalue weighted by Crippen LogP contribution is -3.19. The van der Waals surface area contributed by atoms with Gasteiger partial charge in [0.2, 0.25) is 17.4 Å². The van der Waals surface area contributed by atoms with Gasteiger partial charge in [-0.15, -0.1) is 0 Å². The van der Waals surface area contributed by atoms with Crippen molar-refractivity contribution in [3.05, 3.63) is 59.2 Å². The highest BCUT2D eigenvalue weighted by Gasteiger charge is 2.78. The molecule has 2 aromatic carbocycles. The Morgan fingerprint density at radius 1 is 1.18 bits per heavy atom. The largest absolute Gasteiger partial charge is 0.465 e. The third-order valence-electron chi connectivity index (χ3n) is 8.24. The standard InChI is InChI=1S/C26H25N3O5/c1-3-14-10-11-17-16(13-14)26(25(33)27-17)21-20(19-9-6-12-28(19)26)22(30)29(23(21)31)18-8-5-4-7-15(18)24(32)34-2/h4-5,7-8,10-11,13,19-21H,3,6,9,12H2,1-2H3,(H,27,33)/p+1/t19?,20?,21?,26-/m0/s1. The monoisotopic (exact) mass is 460 g/mol. The second-order valence-electron chi connectivity index (χ2n) is 9.54. The molecular formula is C26H26N3O5+. The Morgan fingerprint density at radius 3 is 2.74 bits per heavy atom. The van der Waals surface area contributed by atoms with E-state index in [0.717, 1.165) is 52.4 Å². The molecule has 5 atom stereocenters. The van der Waals surface area contributed by atoms with Crippen LogP contribution in [0, 0.1) is 11.8 Å². The first kappa shape index (κ1) is 21.0. The fourth-order valence-corrected chi connectivity index (χ4v) is 6.92. The Morgan fingerprint density at radius 2 is 1.97 bits per heavy atom. The van der Waals surface area contributed by atoms with E-state index in [4.69, 9.17) is 4.74 Å². The minimum atomic E-state index is -1.14. The molecule has 0 radical (unpaired) electrons. The molecule has 4 aliphatic heterocycles. The van der Waals surface area contributed by atoms with E-state index in [1.54, 1.807) is 24.3 Å². The predicted octanol–water partition coefficient (Wildman–Crippen LogP) is 1.05. The fourth-order valence-electron chi connectivity index (χ4n) is 6.92. The van der Waals surface area contributed by atoms with E-state index in [9.17, 15) is 19.2 Å². The summed E-state index contributed by atoms with van der Waals surface area (Å²) in [5, 5.41) is 3.02. The van der Waals surface area contributed by atoms with Crippen molar-refractivity contribution in [2.24, 2.45) is 11.8 Å². The number of hydrogen-bond acceptors (Lipinski definition) is 5. The molecule has 4 aliphatic rings. The van der Waals surface area contributed by atoms with Crippen molar-refractivity contribution in [3.8, 4) is 0 Å². The normalized spacial score (nSPS) is 31.0. The van der Waals surface area contributed by atoms with E-state index in [1.807, 2.05) is 18.2 Å². The Balaban J connectivity index is 1.55. The molecule has 8 heteroatoms. The van der Waals surface area contributed by atoms with Crippen molar-refractivity contribution >= 4 is 35.1 Å². The summed E-state index contributed by atoms with van der Waals surface area (Å²) >= 11 is 0. The van der Waals surface area contributed by atoms with Crippen LogP contribution >= 0.6 is 0 Å². The number of ether oxygens (including phenoxy) is 1. The molecule has 0 aliphatic carbocycles. The number of aryl methyl sites for hydroxylation is 1. The predicted molar refractivity (Wildman–Crippen MR) is 122 cm³/mol. The van der Waals surface area contributed by atoms with Gasteiger partial charge in [-0.25, -0.2) is 9.69 Å². The highest BCUT2D eigenvalue weighted by molar-refractivity contribution is 6.26. The molecule has 8 nitrogen and oxygen atoms in total. The number of nitrogens with zero attached hydrogens (tertiary/aromatic N) is 1. The molecule has 6 rings (SSSR count). The van der Waals surface area contributed by atoms with Crippen molar-refractivity contribution < 1.29 is 28.8 Å². The van der Waals surface area contributed by atoms with Gasteiger partial charge in [0.25, 0.3) is 5.91 Å². The smallest absolute Gasteiger partial charge is 0.339 e. The van der Waals surface area contributed by atoms with Crippen molar-refractivity contribution in [2.45, 2.75) is 37.8 Å². The Kier molecular flexibility index (Phi) is 4.48. The molecule has 3 saturated heterocycles. The Labute approximate surface area is 196 Å². The number of carbonyl (C=O) groups is 4. The third-order valence-corrected chi connectivity index (χ3v) is 8.24. The van der Waals surface area contributed by atoms with Crippen LogP contribution in [0.2, 0.25) is 0 Å². The highest BCUT2D eigenvalue weighted by atomic mass is 16.5. The number of fused-ring (bicyclic) bond motifs is 7. The van der Waals surface area contributed by atoms with E-state index < -0.39 is 29.3 Å². The Bertz CT molecular complexity index is 1270. The number of rotatable bonds is 3. The van der Waals surface area contributed by atoms with Crippen LogP contribution in [0.1, 0.15) is 41.3 Å². The van der Waals surface area contributed by atoms with E-state index in [-0.39, 0.29) is 29.1 Å². The zero-order valence-corrected chi connectivity index (χ0v) is 19.1. The molecule has 2 aromatic rings. The van der Waals surface area contributed by atoms with Gasteiger partial charge in [-0.3, -0.25) is 14.4 Å². The summed E-state index contributed by atoms with van der Waals surface area (Å²) in [6.07, 6.45) is 2.47. The number of benzene rings is 2. The molecule has 1 spiro atoms. The number of anilines is 2. The zero-order valence-electron chi connectivity index (χ0n) is 19.1. The molecule has 174 valence electrons. The van der Waals surface area contributed by atoms with Crippen molar-refractivity contribution in [1.82, 2.24) is 0 Å². The first-order valence-electron chi connectivity index (χ1n) is 11.8. The van der Waals surface area contributed by atoms with Gasteiger partial charge in [0, 0.05) is 18.4 Å². The number of imide groups is 1. The van der Waals surface area contributed by atoms with Gasteiger partial charge >= 0.3 is 5.97 Å². The molecule has 4 unspecified atom stereocenters. The van der Waals surface area contributed by atoms with Crippen LogP contribution in [-0.2, 0) is 31.1 Å².